The molecule has 3 heteroatoms. The predicted molar refractivity (Wildman–Crippen MR) is 49.8 cm³/mol. The Morgan fingerprint density at radius 2 is 2.09 bits per heavy atom. The molecule has 1 aromatic carbocycles. The Balaban J connectivity index is 3.25. The number of rotatable bonds is 1. The van der Waals surface area contributed by atoms with Gasteiger partial charge in [-0.05, 0) is 34.5 Å². The third-order valence-corrected chi connectivity index (χ3v) is 2.61. The van der Waals surface area contributed by atoms with Crippen molar-refractivity contribution in [3.8, 4) is 5.75 Å². The van der Waals surface area contributed by atoms with E-state index in [1.165, 1.54) is 0 Å². The Morgan fingerprint density at radius 3 is 2.64 bits per heavy atom. The normalized spacial score (nSPS) is 9.73. The van der Waals surface area contributed by atoms with E-state index >= 15 is 0 Å². The maximum absolute atomic E-state index is 5.72. The van der Waals surface area contributed by atoms with Crippen molar-refractivity contribution in [1.82, 2.24) is 0 Å². The van der Waals surface area contributed by atoms with Crippen LogP contribution in [0.15, 0.2) is 16.6 Å². The molecule has 1 rings (SSSR count). The van der Waals surface area contributed by atoms with E-state index in [0.717, 1.165) is 10.0 Å². The van der Waals surface area contributed by atoms with Gasteiger partial charge in [-0.2, -0.15) is 0 Å². The molecule has 0 bridgehead atoms. The lowest BCUT2D eigenvalue weighted by Crippen LogP contribution is -1.94. The first-order chi connectivity index (χ1) is 5.16. The van der Waals surface area contributed by atoms with E-state index in [1.54, 1.807) is 7.11 Å². The number of nitrogens with two attached hydrogens (primary N) is 1. The van der Waals surface area contributed by atoms with Crippen LogP contribution in [0.25, 0.3) is 0 Å². The number of benzene rings is 1. The molecule has 0 atom stereocenters. The fourth-order valence-corrected chi connectivity index (χ4v) is 1.19. The van der Waals surface area contributed by atoms with Crippen LogP contribution in [0, 0.1) is 6.92 Å². The highest BCUT2D eigenvalue weighted by Gasteiger charge is 2.04. The lowest BCUT2D eigenvalue weighted by atomic mass is 10.2. The number of nitrogen functional groups attached to an aromatic ring is 1. The van der Waals surface area contributed by atoms with Gasteiger partial charge in [-0.1, -0.05) is 6.07 Å². The van der Waals surface area contributed by atoms with E-state index < -0.39 is 0 Å². The molecule has 0 fully saturated rings. The summed E-state index contributed by atoms with van der Waals surface area (Å²) in [5, 5.41) is 0. The van der Waals surface area contributed by atoms with Crippen LogP contribution in [0.3, 0.4) is 0 Å². The number of hydrogen-bond acceptors (Lipinski definition) is 2. The van der Waals surface area contributed by atoms with Crippen molar-refractivity contribution in [2.24, 2.45) is 0 Å². The fraction of sp³-hybridized carbons (Fsp3) is 0.250. The van der Waals surface area contributed by atoms with Crippen LogP contribution in [0.2, 0.25) is 0 Å². The average molecular weight is 216 g/mol. The van der Waals surface area contributed by atoms with Gasteiger partial charge < -0.3 is 10.5 Å². The Bertz CT molecular complexity index is 273. The van der Waals surface area contributed by atoms with Gasteiger partial charge in [0.1, 0.15) is 5.75 Å². The highest BCUT2D eigenvalue weighted by atomic mass is 79.9. The summed E-state index contributed by atoms with van der Waals surface area (Å²) in [7, 11) is 1.60. The summed E-state index contributed by atoms with van der Waals surface area (Å²) in [6.45, 7) is 1.99. The highest BCUT2D eigenvalue weighted by Crippen LogP contribution is 2.31. The van der Waals surface area contributed by atoms with Crippen LogP contribution >= 0.6 is 15.9 Å². The van der Waals surface area contributed by atoms with Gasteiger partial charge in [-0.25, -0.2) is 0 Å². The minimum atomic E-state index is 0.660. The molecule has 60 valence electrons. The molecule has 0 aromatic heterocycles. The molecule has 2 N–H and O–H groups in total. The van der Waals surface area contributed by atoms with Crippen molar-refractivity contribution in [2.75, 3.05) is 12.8 Å². The number of aryl methyl sites for hydroxylation is 1. The molecule has 11 heavy (non-hydrogen) atoms. The summed E-state index contributed by atoms with van der Waals surface area (Å²) in [4.78, 5) is 0. The van der Waals surface area contributed by atoms with Gasteiger partial charge in [0.15, 0.2) is 0 Å². The molecule has 0 spiro atoms. The van der Waals surface area contributed by atoms with Crippen LogP contribution in [0.5, 0.6) is 5.75 Å². The van der Waals surface area contributed by atoms with Crippen molar-refractivity contribution in [3.63, 3.8) is 0 Å². The third kappa shape index (κ3) is 1.48. The molecular weight excluding hydrogens is 206 g/mol. The SMILES string of the molecule is COc1ccc(C)c(Br)c1N. The van der Waals surface area contributed by atoms with Crippen LogP contribution in [-0.2, 0) is 0 Å². The Morgan fingerprint density at radius 1 is 1.45 bits per heavy atom. The molecule has 0 amide bonds. The average Bonchev–Trinajstić information content (AvgIpc) is 2.01. The first-order valence-electron chi connectivity index (χ1n) is 3.25. The second kappa shape index (κ2) is 3.13. The Hall–Kier alpha value is -0.700. The maximum atomic E-state index is 5.72. The zero-order valence-corrected chi connectivity index (χ0v) is 8.10. The first kappa shape index (κ1) is 8.40. The highest BCUT2D eigenvalue weighted by molar-refractivity contribution is 9.10. The van der Waals surface area contributed by atoms with Crippen LogP contribution in [0.1, 0.15) is 5.56 Å². The van der Waals surface area contributed by atoms with Gasteiger partial charge in [0.05, 0.1) is 12.8 Å². The molecule has 0 unspecified atom stereocenters. The summed E-state index contributed by atoms with van der Waals surface area (Å²) in [5.74, 6) is 0.711. The topological polar surface area (TPSA) is 35.2 Å². The van der Waals surface area contributed by atoms with Gasteiger partial charge in [0.25, 0.3) is 0 Å². The second-order valence-corrected chi connectivity index (χ2v) is 3.11. The zero-order chi connectivity index (χ0) is 8.43. The smallest absolute Gasteiger partial charge is 0.142 e. The van der Waals surface area contributed by atoms with E-state index in [4.69, 9.17) is 10.5 Å². The monoisotopic (exact) mass is 215 g/mol. The summed E-state index contributed by atoms with van der Waals surface area (Å²) in [5.41, 5.74) is 7.50. The molecule has 0 saturated heterocycles. The molecule has 0 aliphatic rings. The van der Waals surface area contributed by atoms with E-state index in [-0.39, 0.29) is 0 Å². The van der Waals surface area contributed by atoms with Gasteiger partial charge >= 0.3 is 0 Å². The number of methoxy groups -OCH3 is 1. The lowest BCUT2D eigenvalue weighted by molar-refractivity contribution is 0.416. The van der Waals surface area contributed by atoms with Gasteiger partial charge in [0.2, 0.25) is 0 Å². The van der Waals surface area contributed by atoms with E-state index in [2.05, 4.69) is 15.9 Å². The summed E-state index contributed by atoms with van der Waals surface area (Å²) in [6.07, 6.45) is 0. The molecular formula is C8H10BrNO. The molecule has 0 aliphatic carbocycles. The molecule has 1 aromatic rings. The zero-order valence-electron chi connectivity index (χ0n) is 6.52. The molecule has 0 aliphatic heterocycles. The van der Waals surface area contributed by atoms with Crippen molar-refractivity contribution in [3.05, 3.63) is 22.2 Å². The van der Waals surface area contributed by atoms with E-state index in [0.29, 0.717) is 11.4 Å². The Kier molecular flexibility index (Phi) is 2.39. The van der Waals surface area contributed by atoms with Crippen molar-refractivity contribution in [2.45, 2.75) is 6.92 Å². The Labute approximate surface area is 74.5 Å². The minimum Gasteiger partial charge on any atom is -0.495 e. The number of anilines is 1. The van der Waals surface area contributed by atoms with Crippen molar-refractivity contribution < 1.29 is 4.74 Å². The van der Waals surface area contributed by atoms with Gasteiger partial charge in [0, 0.05) is 4.47 Å². The molecule has 0 saturated carbocycles. The standard InChI is InChI=1S/C8H10BrNO/c1-5-3-4-6(11-2)8(10)7(5)9/h3-4H,10H2,1-2H3. The van der Waals surface area contributed by atoms with Crippen LogP contribution < -0.4 is 10.5 Å². The number of ether oxygens (including phenoxy) is 1. The largest absolute Gasteiger partial charge is 0.495 e. The number of hydrogen-bond donors (Lipinski definition) is 1. The van der Waals surface area contributed by atoms with E-state index in [9.17, 15) is 0 Å². The summed E-state index contributed by atoms with van der Waals surface area (Å²) >= 11 is 3.37. The van der Waals surface area contributed by atoms with Crippen LogP contribution in [-0.4, -0.2) is 7.11 Å². The molecule has 2 nitrogen and oxygen atoms in total. The predicted octanol–water partition coefficient (Wildman–Crippen LogP) is 2.35. The van der Waals surface area contributed by atoms with Gasteiger partial charge in [-0.15, -0.1) is 0 Å². The number of halogens is 1. The minimum absolute atomic E-state index is 0.660. The van der Waals surface area contributed by atoms with E-state index in [1.807, 2.05) is 19.1 Å². The van der Waals surface area contributed by atoms with Crippen molar-refractivity contribution >= 4 is 21.6 Å². The summed E-state index contributed by atoms with van der Waals surface area (Å²) < 4.78 is 5.94. The third-order valence-electron chi connectivity index (χ3n) is 1.55. The quantitative estimate of drug-likeness (QED) is 0.731. The molecule has 0 radical (unpaired) electrons. The van der Waals surface area contributed by atoms with Crippen molar-refractivity contribution in [1.29, 1.82) is 0 Å². The summed E-state index contributed by atoms with van der Waals surface area (Å²) in [6, 6.07) is 3.81. The fourth-order valence-electron chi connectivity index (χ4n) is 0.862. The first-order valence-corrected chi connectivity index (χ1v) is 4.04. The van der Waals surface area contributed by atoms with Gasteiger partial charge in [-0.3, -0.25) is 0 Å². The van der Waals surface area contributed by atoms with Crippen LogP contribution in [0.4, 0.5) is 5.69 Å². The maximum Gasteiger partial charge on any atom is 0.142 e. The second-order valence-electron chi connectivity index (χ2n) is 2.31. The lowest BCUT2D eigenvalue weighted by Gasteiger charge is -2.07. The molecule has 0 heterocycles.